The van der Waals surface area contributed by atoms with Crippen LogP contribution in [-0.4, -0.2) is 4.98 Å². The maximum absolute atomic E-state index is 6.37. The Bertz CT molecular complexity index is 742. The minimum atomic E-state index is -0.135. The molecule has 22 heavy (non-hydrogen) atoms. The van der Waals surface area contributed by atoms with E-state index in [1.54, 1.807) is 11.8 Å². The number of nitrogens with zero attached hydrogens (tertiary/aromatic N) is 1. The molecule has 0 aliphatic carbocycles. The van der Waals surface area contributed by atoms with Crippen molar-refractivity contribution in [2.75, 3.05) is 0 Å². The lowest BCUT2D eigenvalue weighted by Gasteiger charge is -2.15. The molecule has 0 fully saturated rings. The zero-order chi connectivity index (χ0) is 15.4. The summed E-state index contributed by atoms with van der Waals surface area (Å²) in [5.74, 6) is 0. The Hall–Kier alpha value is -2.10. The van der Waals surface area contributed by atoms with Gasteiger partial charge in [-0.15, -0.1) is 0 Å². The lowest BCUT2D eigenvalue weighted by molar-refractivity contribution is 0.844. The molecule has 1 atom stereocenters. The normalized spacial score (nSPS) is 12.1. The van der Waals surface area contributed by atoms with Crippen LogP contribution in [0.1, 0.15) is 22.7 Å². The molecule has 3 aromatic rings. The molecule has 3 heteroatoms. The van der Waals surface area contributed by atoms with Gasteiger partial charge in [0.05, 0.1) is 6.04 Å². The summed E-state index contributed by atoms with van der Waals surface area (Å²) in [6.07, 6.45) is 1.90. The van der Waals surface area contributed by atoms with Crippen molar-refractivity contribution in [2.45, 2.75) is 22.9 Å². The highest BCUT2D eigenvalue weighted by Gasteiger charge is 2.12. The minimum Gasteiger partial charge on any atom is -0.320 e. The third-order valence-electron chi connectivity index (χ3n) is 3.59. The maximum atomic E-state index is 6.37. The lowest BCUT2D eigenvalue weighted by atomic mass is 9.98. The molecule has 0 saturated carbocycles. The van der Waals surface area contributed by atoms with Gasteiger partial charge in [-0.25, -0.2) is 4.98 Å². The topological polar surface area (TPSA) is 38.9 Å². The van der Waals surface area contributed by atoms with Crippen LogP contribution in [0.4, 0.5) is 0 Å². The van der Waals surface area contributed by atoms with Crippen LogP contribution in [0.3, 0.4) is 0 Å². The molecule has 0 amide bonds. The lowest BCUT2D eigenvalue weighted by Crippen LogP contribution is -2.13. The average molecular weight is 306 g/mol. The summed E-state index contributed by atoms with van der Waals surface area (Å²) in [5, 5.41) is 0.993. The van der Waals surface area contributed by atoms with Gasteiger partial charge < -0.3 is 5.73 Å². The molecular weight excluding hydrogens is 288 g/mol. The van der Waals surface area contributed by atoms with E-state index in [2.05, 4.69) is 42.2 Å². The van der Waals surface area contributed by atoms with Gasteiger partial charge >= 0.3 is 0 Å². The monoisotopic (exact) mass is 306 g/mol. The van der Waals surface area contributed by atoms with Crippen molar-refractivity contribution in [3.8, 4) is 0 Å². The first kappa shape index (κ1) is 14.8. The van der Waals surface area contributed by atoms with Crippen LogP contribution < -0.4 is 5.73 Å². The minimum absolute atomic E-state index is 0.135. The van der Waals surface area contributed by atoms with Gasteiger partial charge in [0.15, 0.2) is 0 Å². The quantitative estimate of drug-likeness (QED) is 0.766. The first-order chi connectivity index (χ1) is 10.7. The van der Waals surface area contributed by atoms with Crippen molar-refractivity contribution in [3.63, 3.8) is 0 Å². The Morgan fingerprint density at radius 1 is 0.955 bits per heavy atom. The molecule has 3 rings (SSSR count). The van der Waals surface area contributed by atoms with Gasteiger partial charge in [0.25, 0.3) is 0 Å². The van der Waals surface area contributed by atoms with E-state index in [1.165, 1.54) is 10.5 Å². The second-order valence-corrected chi connectivity index (χ2v) is 6.28. The Labute approximate surface area is 135 Å². The van der Waals surface area contributed by atoms with E-state index in [9.17, 15) is 0 Å². The molecule has 2 nitrogen and oxygen atoms in total. The number of rotatable bonds is 4. The van der Waals surface area contributed by atoms with Gasteiger partial charge in [0.1, 0.15) is 5.03 Å². The molecule has 2 N–H and O–H groups in total. The molecule has 0 radical (unpaired) electrons. The largest absolute Gasteiger partial charge is 0.320 e. The molecule has 1 heterocycles. The predicted octanol–water partition coefficient (Wildman–Crippen LogP) is 4.59. The zero-order valence-electron chi connectivity index (χ0n) is 12.4. The smallest absolute Gasteiger partial charge is 0.101 e. The standard InChI is InChI=1S/C19H18N2S/c1-14-12-18(22-16-10-6-3-7-11-16)21-13-17(14)19(20)15-8-4-2-5-9-15/h2-13,19H,20H2,1H3/t19-/m0/s1. The molecule has 0 aliphatic heterocycles. The van der Waals surface area contributed by atoms with E-state index in [0.29, 0.717) is 0 Å². The number of aryl methyl sites for hydroxylation is 1. The molecule has 0 spiro atoms. The second-order valence-electron chi connectivity index (χ2n) is 5.18. The van der Waals surface area contributed by atoms with Crippen LogP contribution in [0.25, 0.3) is 0 Å². The van der Waals surface area contributed by atoms with Crippen molar-refractivity contribution in [1.82, 2.24) is 4.98 Å². The van der Waals surface area contributed by atoms with E-state index in [1.807, 2.05) is 42.6 Å². The Morgan fingerprint density at radius 2 is 1.59 bits per heavy atom. The molecule has 0 saturated heterocycles. The van der Waals surface area contributed by atoms with E-state index in [-0.39, 0.29) is 6.04 Å². The van der Waals surface area contributed by atoms with Gasteiger partial charge in [-0.1, -0.05) is 60.3 Å². The summed E-state index contributed by atoms with van der Waals surface area (Å²) in [6, 6.07) is 22.4. The number of benzene rings is 2. The van der Waals surface area contributed by atoms with E-state index in [4.69, 9.17) is 5.73 Å². The Morgan fingerprint density at radius 3 is 2.23 bits per heavy atom. The van der Waals surface area contributed by atoms with Gasteiger partial charge in [-0.05, 0) is 41.8 Å². The summed E-state index contributed by atoms with van der Waals surface area (Å²) >= 11 is 1.67. The number of aromatic nitrogens is 1. The SMILES string of the molecule is Cc1cc(Sc2ccccc2)ncc1[C@@H](N)c1ccccc1. The fourth-order valence-corrected chi connectivity index (χ4v) is 3.25. The first-order valence-electron chi connectivity index (χ1n) is 7.24. The van der Waals surface area contributed by atoms with Gasteiger partial charge in [-0.2, -0.15) is 0 Å². The summed E-state index contributed by atoms with van der Waals surface area (Å²) < 4.78 is 0. The Kier molecular flexibility index (Phi) is 4.56. The molecule has 0 unspecified atom stereocenters. The summed E-state index contributed by atoms with van der Waals surface area (Å²) in [5.41, 5.74) is 9.72. The number of hydrogen-bond acceptors (Lipinski definition) is 3. The van der Waals surface area contributed by atoms with Crippen molar-refractivity contribution in [2.24, 2.45) is 5.73 Å². The highest BCUT2D eigenvalue weighted by molar-refractivity contribution is 7.99. The third-order valence-corrected chi connectivity index (χ3v) is 4.53. The molecule has 0 bridgehead atoms. The fourth-order valence-electron chi connectivity index (χ4n) is 2.37. The number of hydrogen-bond donors (Lipinski definition) is 1. The van der Waals surface area contributed by atoms with E-state index in [0.717, 1.165) is 16.2 Å². The molecular formula is C19H18N2S. The maximum Gasteiger partial charge on any atom is 0.101 e. The van der Waals surface area contributed by atoms with Crippen LogP contribution in [-0.2, 0) is 0 Å². The average Bonchev–Trinajstić information content (AvgIpc) is 2.56. The van der Waals surface area contributed by atoms with Crippen LogP contribution in [0.2, 0.25) is 0 Å². The zero-order valence-corrected chi connectivity index (χ0v) is 13.3. The van der Waals surface area contributed by atoms with Crippen LogP contribution in [0.15, 0.2) is 82.8 Å². The Balaban J connectivity index is 1.83. The highest BCUT2D eigenvalue weighted by Crippen LogP contribution is 2.29. The fraction of sp³-hybridized carbons (Fsp3) is 0.105. The number of pyridine rings is 1. The van der Waals surface area contributed by atoms with Crippen LogP contribution in [0.5, 0.6) is 0 Å². The first-order valence-corrected chi connectivity index (χ1v) is 8.05. The second kappa shape index (κ2) is 6.77. The van der Waals surface area contributed by atoms with Gasteiger partial charge in [0.2, 0.25) is 0 Å². The summed E-state index contributed by atoms with van der Waals surface area (Å²) in [4.78, 5) is 5.75. The van der Waals surface area contributed by atoms with Crippen molar-refractivity contribution in [3.05, 3.63) is 89.6 Å². The van der Waals surface area contributed by atoms with Crippen molar-refractivity contribution >= 4 is 11.8 Å². The van der Waals surface area contributed by atoms with Crippen molar-refractivity contribution in [1.29, 1.82) is 0 Å². The summed E-state index contributed by atoms with van der Waals surface area (Å²) in [6.45, 7) is 2.09. The van der Waals surface area contributed by atoms with E-state index < -0.39 is 0 Å². The van der Waals surface area contributed by atoms with Gasteiger partial charge in [0, 0.05) is 11.1 Å². The van der Waals surface area contributed by atoms with Crippen LogP contribution >= 0.6 is 11.8 Å². The third kappa shape index (κ3) is 3.38. The van der Waals surface area contributed by atoms with Crippen LogP contribution in [0, 0.1) is 6.92 Å². The van der Waals surface area contributed by atoms with E-state index >= 15 is 0 Å². The number of nitrogens with two attached hydrogens (primary N) is 1. The van der Waals surface area contributed by atoms with Crippen molar-refractivity contribution < 1.29 is 0 Å². The molecule has 2 aromatic carbocycles. The summed E-state index contributed by atoms with van der Waals surface area (Å²) in [7, 11) is 0. The predicted molar refractivity (Wildman–Crippen MR) is 92.0 cm³/mol. The van der Waals surface area contributed by atoms with Gasteiger partial charge in [-0.3, -0.25) is 0 Å². The molecule has 110 valence electrons. The highest BCUT2D eigenvalue weighted by atomic mass is 32.2. The molecule has 0 aliphatic rings. The molecule has 1 aromatic heterocycles.